The Kier molecular flexibility index (Phi) is 21.6. The number of hydrogen-bond donors (Lipinski definition) is 14. The van der Waals surface area contributed by atoms with Crippen LogP contribution in [0.15, 0.2) is 12.5 Å². The molecule has 0 aliphatic rings. The lowest BCUT2D eigenvalue weighted by Crippen LogP contribution is -2.59. The van der Waals surface area contributed by atoms with E-state index in [1.807, 2.05) is 0 Å². The van der Waals surface area contributed by atoms with Gasteiger partial charge in [-0.15, -0.1) is 0 Å². The fraction of sp³-hybridized carbons (Fsp3) is 0.606. The van der Waals surface area contributed by atoms with E-state index in [4.69, 9.17) is 11.5 Å². The predicted octanol–water partition coefficient (Wildman–Crippen LogP) is -4.99. The molecule has 1 aromatic heterocycles. The maximum Gasteiger partial charge on any atom is 0.328 e. The third-order valence-corrected chi connectivity index (χ3v) is 8.28. The van der Waals surface area contributed by atoms with E-state index in [2.05, 4.69) is 41.9 Å². The number of nitrogens with zero attached hydrogens (tertiary/aromatic N) is 1. The van der Waals surface area contributed by atoms with Crippen molar-refractivity contribution in [3.8, 4) is 0 Å². The van der Waals surface area contributed by atoms with Crippen LogP contribution in [0.1, 0.15) is 70.9 Å². The molecule has 0 unspecified atom stereocenters. The smallest absolute Gasteiger partial charge is 0.328 e. The molecular formula is C33H52N10O15. The average molecular weight is 829 g/mol. The van der Waals surface area contributed by atoms with Crippen molar-refractivity contribution in [2.24, 2.45) is 11.5 Å². The number of aliphatic carboxylic acids is 4. The maximum absolute atomic E-state index is 13.4. The number of carboxylic acids is 4. The zero-order valence-corrected chi connectivity index (χ0v) is 31.8. The van der Waals surface area contributed by atoms with Crippen LogP contribution in [-0.2, 0) is 54.4 Å². The zero-order valence-electron chi connectivity index (χ0n) is 31.8. The van der Waals surface area contributed by atoms with Crippen LogP contribution in [0.3, 0.4) is 0 Å². The van der Waals surface area contributed by atoms with E-state index in [1.54, 1.807) is 0 Å². The van der Waals surface area contributed by atoms with Crippen molar-refractivity contribution in [2.45, 2.75) is 120 Å². The van der Waals surface area contributed by atoms with E-state index >= 15 is 0 Å². The highest BCUT2D eigenvalue weighted by molar-refractivity contribution is 5.97. The van der Waals surface area contributed by atoms with Crippen molar-refractivity contribution in [2.75, 3.05) is 6.54 Å². The van der Waals surface area contributed by atoms with Gasteiger partial charge in [-0.1, -0.05) is 0 Å². The molecule has 25 nitrogen and oxygen atoms in total. The number of amides is 6. The van der Waals surface area contributed by atoms with Gasteiger partial charge in [0, 0.05) is 31.2 Å². The van der Waals surface area contributed by atoms with Crippen molar-refractivity contribution < 1.29 is 73.5 Å². The molecule has 324 valence electrons. The Morgan fingerprint density at radius 2 is 1.14 bits per heavy atom. The number of carboxylic acid groups (broad SMARTS) is 4. The van der Waals surface area contributed by atoms with Gasteiger partial charge in [0.15, 0.2) is 6.04 Å². The number of carbonyl (C=O) groups excluding carboxylic acids is 6. The molecule has 0 aromatic carbocycles. The summed E-state index contributed by atoms with van der Waals surface area (Å²) < 4.78 is 0. The van der Waals surface area contributed by atoms with Gasteiger partial charge in [0.05, 0.1) is 24.9 Å². The molecule has 0 fully saturated rings. The van der Waals surface area contributed by atoms with E-state index < -0.39 is 140 Å². The first kappa shape index (κ1) is 49.8. The van der Waals surface area contributed by atoms with Crippen LogP contribution < -0.4 is 43.4 Å². The highest BCUT2D eigenvalue weighted by Crippen LogP contribution is 2.08. The first-order valence-electron chi connectivity index (χ1n) is 18.0. The van der Waals surface area contributed by atoms with Crippen molar-refractivity contribution in [1.29, 1.82) is 0 Å². The molecule has 58 heavy (non-hydrogen) atoms. The van der Waals surface area contributed by atoms with Gasteiger partial charge >= 0.3 is 23.9 Å². The molecule has 16 N–H and O–H groups in total. The van der Waals surface area contributed by atoms with Crippen LogP contribution in [0.4, 0.5) is 0 Å². The summed E-state index contributed by atoms with van der Waals surface area (Å²) >= 11 is 0. The topological polar surface area (TPSA) is 425 Å². The summed E-state index contributed by atoms with van der Waals surface area (Å²) in [5, 5.41) is 60.3. The molecule has 8 atom stereocenters. The quantitative estimate of drug-likeness (QED) is 0.0352. The molecule has 0 bridgehead atoms. The van der Waals surface area contributed by atoms with E-state index in [1.165, 1.54) is 12.5 Å². The number of carbonyl (C=O) groups is 10. The van der Waals surface area contributed by atoms with Gasteiger partial charge in [-0.05, 0) is 52.5 Å². The number of rotatable bonds is 28. The standard InChI is InChI=1S/C33H52N10O15/c1-15(27(51)39-21(7-9-24(47)48)30(54)40-19(5-3-4-10-34)31(55)43-26(16(2)44)33(57)58)38-29(53)20(6-8-23(45)46)41-32(56)22(12-25(49)50)42-28(52)18(35)11-17-13-36-14-37-17/h13-16,18-22,26,44H,3-12,34-35H2,1-2H3,(H,36,37)(H,38,53)(H,39,51)(H,40,54)(H,41,56)(H,42,52)(H,43,55)(H,45,46)(H,47,48)(H,49,50)(H,57,58)/t15-,16+,18-,19-,20-,21-,22-,26-/m0/s1. The van der Waals surface area contributed by atoms with Crippen LogP contribution in [0.2, 0.25) is 0 Å². The van der Waals surface area contributed by atoms with Gasteiger partial charge in [-0.3, -0.25) is 43.2 Å². The second-order valence-corrected chi connectivity index (χ2v) is 13.2. The molecule has 1 heterocycles. The number of hydrogen-bond acceptors (Lipinski definition) is 14. The summed E-state index contributed by atoms with van der Waals surface area (Å²) in [6.07, 6.45) is -1.78. The molecule has 6 amide bonds. The number of aromatic nitrogens is 2. The minimum atomic E-state index is -1.80. The molecule has 0 aliphatic carbocycles. The van der Waals surface area contributed by atoms with Crippen molar-refractivity contribution >= 4 is 59.3 Å². The number of H-pyrrole nitrogens is 1. The normalized spacial score (nSPS) is 15.1. The summed E-state index contributed by atoms with van der Waals surface area (Å²) in [5.41, 5.74) is 11.8. The number of aliphatic hydroxyl groups is 1. The van der Waals surface area contributed by atoms with Crippen LogP contribution in [0, 0.1) is 0 Å². The largest absolute Gasteiger partial charge is 0.481 e. The molecule has 0 spiro atoms. The summed E-state index contributed by atoms with van der Waals surface area (Å²) in [6, 6.07) is -11.2. The molecule has 0 saturated heterocycles. The Morgan fingerprint density at radius 1 is 0.655 bits per heavy atom. The number of imidazole rings is 1. The third kappa shape index (κ3) is 18.6. The van der Waals surface area contributed by atoms with E-state index in [0.29, 0.717) is 12.1 Å². The third-order valence-electron chi connectivity index (χ3n) is 8.28. The molecule has 0 aliphatic heterocycles. The number of nitrogens with two attached hydrogens (primary N) is 2. The lowest BCUT2D eigenvalue weighted by molar-refractivity contribution is -0.145. The van der Waals surface area contributed by atoms with Crippen LogP contribution >= 0.6 is 0 Å². The molecule has 0 saturated carbocycles. The van der Waals surface area contributed by atoms with Crippen molar-refractivity contribution in [3.05, 3.63) is 18.2 Å². The van der Waals surface area contributed by atoms with Gasteiger partial charge in [-0.2, -0.15) is 0 Å². The number of nitrogens with one attached hydrogen (secondary N) is 7. The van der Waals surface area contributed by atoms with Gasteiger partial charge in [0.1, 0.15) is 30.2 Å². The highest BCUT2D eigenvalue weighted by Gasteiger charge is 2.34. The summed E-state index contributed by atoms with van der Waals surface area (Å²) in [7, 11) is 0. The second kappa shape index (κ2) is 25.1. The van der Waals surface area contributed by atoms with Gasteiger partial charge < -0.3 is 73.9 Å². The Bertz CT molecular complexity index is 1610. The zero-order chi connectivity index (χ0) is 44.1. The Balaban J connectivity index is 3.19. The minimum absolute atomic E-state index is 0.0719. The van der Waals surface area contributed by atoms with Gasteiger partial charge in [-0.25, -0.2) is 9.78 Å². The fourth-order valence-electron chi connectivity index (χ4n) is 5.09. The van der Waals surface area contributed by atoms with Crippen molar-refractivity contribution in [3.63, 3.8) is 0 Å². The first-order chi connectivity index (χ1) is 27.2. The number of aliphatic hydroxyl groups excluding tert-OH is 1. The average Bonchev–Trinajstić information content (AvgIpc) is 3.65. The Hall–Kier alpha value is -6.21. The Labute approximate surface area is 330 Å². The lowest BCUT2D eigenvalue weighted by atomic mass is 10.0. The molecule has 25 heteroatoms. The van der Waals surface area contributed by atoms with Crippen LogP contribution in [-0.4, -0.2) is 150 Å². The lowest BCUT2D eigenvalue weighted by Gasteiger charge is -2.26. The minimum Gasteiger partial charge on any atom is -0.481 e. The second-order valence-electron chi connectivity index (χ2n) is 13.2. The van der Waals surface area contributed by atoms with Crippen molar-refractivity contribution in [1.82, 2.24) is 41.9 Å². The fourth-order valence-corrected chi connectivity index (χ4v) is 5.09. The van der Waals surface area contributed by atoms with E-state index in [0.717, 1.165) is 13.8 Å². The molecule has 1 aromatic rings. The summed E-state index contributed by atoms with van der Waals surface area (Å²) in [5.74, 6) is -12.4. The van der Waals surface area contributed by atoms with E-state index in [-0.39, 0.29) is 25.8 Å². The monoisotopic (exact) mass is 828 g/mol. The summed E-state index contributed by atoms with van der Waals surface area (Å²) in [6.45, 7) is 2.44. The van der Waals surface area contributed by atoms with Crippen LogP contribution in [0.25, 0.3) is 0 Å². The molecule has 1 rings (SSSR count). The molecular weight excluding hydrogens is 776 g/mol. The molecule has 0 radical (unpaired) electrons. The van der Waals surface area contributed by atoms with Gasteiger partial charge in [0.2, 0.25) is 35.4 Å². The maximum atomic E-state index is 13.4. The summed E-state index contributed by atoms with van der Waals surface area (Å²) in [4.78, 5) is 131. The van der Waals surface area contributed by atoms with Crippen LogP contribution in [0.5, 0.6) is 0 Å². The highest BCUT2D eigenvalue weighted by atomic mass is 16.4. The number of aromatic amines is 1. The van der Waals surface area contributed by atoms with E-state index in [9.17, 15) is 73.5 Å². The van der Waals surface area contributed by atoms with Gasteiger partial charge in [0.25, 0.3) is 0 Å². The Morgan fingerprint density at radius 3 is 1.60 bits per heavy atom. The predicted molar refractivity (Wildman–Crippen MR) is 196 cm³/mol. The SMILES string of the molecule is C[C@H](NC(=O)[C@H](CCC(=O)O)NC(=O)[C@H](CC(=O)O)NC(=O)[C@@H](N)Cc1cnc[nH]1)C(=O)N[C@@H](CCC(=O)O)C(=O)N[C@@H](CCCCN)C(=O)N[C@H](C(=O)O)[C@@H](C)O. The number of unbranched alkanes of at least 4 members (excludes halogenated alkanes) is 1. The first-order valence-corrected chi connectivity index (χ1v) is 18.0.